The largest absolute Gasteiger partial charge is 0.493 e. The fourth-order valence-electron chi connectivity index (χ4n) is 2.82. The van der Waals surface area contributed by atoms with Crippen molar-refractivity contribution in [1.82, 2.24) is 14.8 Å². The lowest BCUT2D eigenvalue weighted by molar-refractivity contribution is 0.344. The summed E-state index contributed by atoms with van der Waals surface area (Å²) in [5.74, 6) is 3.20. The van der Waals surface area contributed by atoms with Gasteiger partial charge >= 0.3 is 0 Å². The van der Waals surface area contributed by atoms with Crippen molar-refractivity contribution in [3.8, 4) is 17.5 Å². The number of hydrogen-bond acceptors (Lipinski definition) is 5. The number of nitriles is 1. The summed E-state index contributed by atoms with van der Waals surface area (Å²) in [7, 11) is 0. The molecule has 0 spiro atoms. The van der Waals surface area contributed by atoms with Crippen molar-refractivity contribution in [1.29, 1.82) is 5.26 Å². The molecule has 1 heterocycles. The minimum Gasteiger partial charge on any atom is -0.493 e. The Morgan fingerprint density at radius 2 is 1.89 bits per heavy atom. The second-order valence-electron chi connectivity index (χ2n) is 6.45. The molecule has 3 aromatic rings. The molecular formula is C21H20N4OS. The maximum absolute atomic E-state index is 8.71. The molecule has 0 N–H and O–H groups in total. The van der Waals surface area contributed by atoms with Crippen LogP contribution < -0.4 is 4.74 Å². The van der Waals surface area contributed by atoms with Gasteiger partial charge in [0.2, 0.25) is 5.16 Å². The molecule has 0 amide bonds. The number of nitrogens with zero attached hydrogens (tertiary/aromatic N) is 4. The van der Waals surface area contributed by atoms with Crippen LogP contribution in [0.2, 0.25) is 0 Å². The zero-order valence-electron chi connectivity index (χ0n) is 14.9. The number of thioether (sulfide) groups is 1. The fraction of sp³-hybridized carbons (Fsp3) is 0.286. The molecule has 0 saturated heterocycles. The third-order valence-electron chi connectivity index (χ3n) is 4.35. The Morgan fingerprint density at radius 1 is 1.11 bits per heavy atom. The van der Waals surface area contributed by atoms with Crippen LogP contribution in [-0.2, 0) is 6.42 Å². The van der Waals surface area contributed by atoms with Crippen LogP contribution >= 0.6 is 11.8 Å². The molecule has 0 aliphatic heterocycles. The zero-order valence-corrected chi connectivity index (χ0v) is 15.7. The molecule has 1 fully saturated rings. The molecule has 136 valence electrons. The highest BCUT2D eigenvalue weighted by Gasteiger charge is 2.30. The molecule has 6 heteroatoms. The van der Waals surface area contributed by atoms with E-state index in [1.165, 1.54) is 12.8 Å². The standard InChI is InChI=1S/C21H20N4OS/c22-13-12-16-6-10-19(11-7-16)26-14-15-27-21-23-20(17-8-9-17)25(24-21)18-4-2-1-3-5-18/h1-7,10-11,17H,8-9,12,14-15H2. The molecule has 5 nitrogen and oxygen atoms in total. The maximum Gasteiger partial charge on any atom is 0.209 e. The number of ether oxygens (including phenoxy) is 1. The zero-order chi connectivity index (χ0) is 18.5. The summed E-state index contributed by atoms with van der Waals surface area (Å²) >= 11 is 1.61. The average Bonchev–Trinajstić information content (AvgIpc) is 3.47. The molecule has 0 atom stereocenters. The van der Waals surface area contributed by atoms with Gasteiger partial charge in [-0.05, 0) is 42.7 Å². The van der Waals surface area contributed by atoms with Crippen LogP contribution in [0, 0.1) is 11.3 Å². The summed E-state index contributed by atoms with van der Waals surface area (Å²) in [6.07, 6.45) is 2.82. The minimum absolute atomic E-state index is 0.426. The summed E-state index contributed by atoms with van der Waals surface area (Å²) in [4.78, 5) is 4.75. The SMILES string of the molecule is N#CCc1ccc(OCCSc2nc(C3CC3)n(-c3ccccc3)n2)cc1. The summed E-state index contributed by atoms with van der Waals surface area (Å²) in [6, 6.07) is 20.0. The van der Waals surface area contributed by atoms with Gasteiger partial charge < -0.3 is 4.74 Å². The molecular weight excluding hydrogens is 356 g/mol. The van der Waals surface area contributed by atoms with E-state index in [0.29, 0.717) is 18.9 Å². The van der Waals surface area contributed by atoms with Crippen molar-refractivity contribution in [3.63, 3.8) is 0 Å². The van der Waals surface area contributed by atoms with Gasteiger partial charge in [-0.3, -0.25) is 0 Å². The van der Waals surface area contributed by atoms with Crippen LogP contribution in [0.3, 0.4) is 0 Å². The molecule has 1 aliphatic rings. The number of rotatable bonds is 8. The second kappa shape index (κ2) is 8.28. The Morgan fingerprint density at radius 3 is 2.59 bits per heavy atom. The molecule has 1 aliphatic carbocycles. The van der Waals surface area contributed by atoms with Crippen molar-refractivity contribution >= 4 is 11.8 Å². The van der Waals surface area contributed by atoms with Gasteiger partial charge in [0.05, 0.1) is 24.8 Å². The molecule has 1 aromatic heterocycles. The van der Waals surface area contributed by atoms with Crippen LogP contribution in [-0.4, -0.2) is 27.1 Å². The quantitative estimate of drug-likeness (QED) is 0.431. The molecule has 2 aromatic carbocycles. The third kappa shape index (κ3) is 4.50. The first kappa shape index (κ1) is 17.6. The van der Waals surface area contributed by atoms with E-state index in [1.54, 1.807) is 11.8 Å². The predicted molar refractivity (Wildman–Crippen MR) is 105 cm³/mol. The van der Waals surface area contributed by atoms with Crippen LogP contribution in [0.4, 0.5) is 0 Å². The van der Waals surface area contributed by atoms with Crippen molar-refractivity contribution in [3.05, 3.63) is 66.0 Å². The first-order valence-electron chi connectivity index (χ1n) is 9.07. The van der Waals surface area contributed by atoms with Crippen molar-refractivity contribution in [2.24, 2.45) is 0 Å². The minimum atomic E-state index is 0.426. The highest BCUT2D eigenvalue weighted by molar-refractivity contribution is 7.99. The lowest BCUT2D eigenvalue weighted by Gasteiger charge is -2.05. The highest BCUT2D eigenvalue weighted by atomic mass is 32.2. The van der Waals surface area contributed by atoms with E-state index < -0.39 is 0 Å². The van der Waals surface area contributed by atoms with Crippen molar-refractivity contribution < 1.29 is 4.74 Å². The smallest absolute Gasteiger partial charge is 0.209 e. The van der Waals surface area contributed by atoms with E-state index >= 15 is 0 Å². The molecule has 0 unspecified atom stereocenters. The van der Waals surface area contributed by atoms with Gasteiger partial charge in [-0.15, -0.1) is 5.10 Å². The van der Waals surface area contributed by atoms with E-state index in [2.05, 4.69) is 18.2 Å². The summed E-state index contributed by atoms with van der Waals surface area (Å²) in [6.45, 7) is 0.584. The number of aromatic nitrogens is 3. The Balaban J connectivity index is 1.34. The third-order valence-corrected chi connectivity index (χ3v) is 5.15. The van der Waals surface area contributed by atoms with Crippen LogP contribution in [0.15, 0.2) is 59.8 Å². The van der Waals surface area contributed by atoms with Crippen molar-refractivity contribution in [2.45, 2.75) is 30.3 Å². The number of para-hydroxylation sites is 1. The fourth-order valence-corrected chi connectivity index (χ4v) is 3.46. The Kier molecular flexibility index (Phi) is 5.40. The van der Waals surface area contributed by atoms with Gasteiger partial charge in [0.1, 0.15) is 11.6 Å². The van der Waals surface area contributed by atoms with Gasteiger partial charge in [0.15, 0.2) is 0 Å². The van der Waals surface area contributed by atoms with Crippen molar-refractivity contribution in [2.75, 3.05) is 12.4 Å². The summed E-state index contributed by atoms with van der Waals surface area (Å²) in [5.41, 5.74) is 2.06. The van der Waals surface area contributed by atoms with Crippen LogP contribution in [0.1, 0.15) is 30.1 Å². The first-order valence-corrected chi connectivity index (χ1v) is 10.1. The lowest BCUT2D eigenvalue weighted by atomic mass is 10.2. The Bertz CT molecular complexity index is 927. The predicted octanol–water partition coefficient (Wildman–Crippen LogP) is 4.38. The normalized spacial score (nSPS) is 13.3. The van der Waals surface area contributed by atoms with E-state index in [-0.39, 0.29) is 0 Å². The number of hydrogen-bond donors (Lipinski definition) is 0. The Labute approximate surface area is 163 Å². The van der Waals surface area contributed by atoms with Gasteiger partial charge in [-0.1, -0.05) is 42.1 Å². The number of benzene rings is 2. The van der Waals surface area contributed by atoms with E-state index in [9.17, 15) is 0 Å². The van der Waals surface area contributed by atoms with E-state index in [4.69, 9.17) is 20.1 Å². The molecule has 1 saturated carbocycles. The monoisotopic (exact) mass is 376 g/mol. The molecule has 4 rings (SSSR count). The van der Waals surface area contributed by atoms with Crippen LogP contribution in [0.25, 0.3) is 5.69 Å². The molecule has 27 heavy (non-hydrogen) atoms. The van der Waals surface area contributed by atoms with E-state index in [0.717, 1.165) is 33.7 Å². The van der Waals surface area contributed by atoms with Gasteiger partial charge in [0.25, 0.3) is 0 Å². The van der Waals surface area contributed by atoms with E-state index in [1.807, 2.05) is 47.1 Å². The van der Waals surface area contributed by atoms with Gasteiger partial charge in [-0.25, -0.2) is 9.67 Å². The topological polar surface area (TPSA) is 63.7 Å². The average molecular weight is 376 g/mol. The summed E-state index contributed by atoms with van der Waals surface area (Å²) < 4.78 is 7.76. The highest BCUT2D eigenvalue weighted by Crippen LogP contribution is 2.40. The molecule has 0 radical (unpaired) electrons. The Hall–Kier alpha value is -2.78. The first-order chi connectivity index (χ1) is 13.3. The van der Waals surface area contributed by atoms with Gasteiger partial charge in [-0.2, -0.15) is 5.26 Å². The maximum atomic E-state index is 8.71. The van der Waals surface area contributed by atoms with Gasteiger partial charge in [0, 0.05) is 11.7 Å². The summed E-state index contributed by atoms with van der Waals surface area (Å²) in [5, 5.41) is 14.2. The second-order valence-corrected chi connectivity index (χ2v) is 7.51. The molecule has 0 bridgehead atoms. The lowest BCUT2D eigenvalue weighted by Crippen LogP contribution is -2.01. The van der Waals surface area contributed by atoms with Crippen LogP contribution in [0.5, 0.6) is 5.75 Å².